The Morgan fingerprint density at radius 3 is 2.53 bits per heavy atom. The lowest BCUT2D eigenvalue weighted by Crippen LogP contribution is -2.37. The molecular weight excluding hydrogens is 499 g/mol. The van der Waals surface area contributed by atoms with E-state index < -0.39 is 23.7 Å². The molecule has 1 amide bonds. The first-order valence-corrected chi connectivity index (χ1v) is 12.2. The van der Waals surface area contributed by atoms with Crippen LogP contribution in [-0.4, -0.2) is 62.6 Å². The maximum Gasteiger partial charge on any atom is 0.277 e. The number of rotatable bonds is 6. The van der Waals surface area contributed by atoms with Crippen molar-refractivity contribution < 1.29 is 22.7 Å². The highest BCUT2D eigenvalue weighted by molar-refractivity contribution is 6.02. The number of amides is 1. The molecule has 0 atom stereocenters. The minimum absolute atomic E-state index is 0.0933. The molecule has 2 fully saturated rings. The molecule has 1 saturated carbocycles. The molecule has 0 unspecified atom stereocenters. The zero-order valence-electron chi connectivity index (χ0n) is 20.2. The molecule has 6 rings (SSSR count). The summed E-state index contributed by atoms with van der Waals surface area (Å²) in [5.74, 6) is -2.97. The Hall–Kier alpha value is -4.19. The van der Waals surface area contributed by atoms with Crippen molar-refractivity contribution in [2.45, 2.75) is 24.8 Å². The van der Waals surface area contributed by atoms with Gasteiger partial charge in [0.1, 0.15) is 23.0 Å². The number of carbonyl (C=O) groups excluding carboxylic acids is 1. The summed E-state index contributed by atoms with van der Waals surface area (Å²) in [5, 5.41) is 2.73. The van der Waals surface area contributed by atoms with Crippen LogP contribution in [0.2, 0.25) is 0 Å². The van der Waals surface area contributed by atoms with Crippen LogP contribution in [0.4, 0.5) is 24.7 Å². The number of pyridine rings is 1. The third kappa shape index (κ3) is 4.74. The summed E-state index contributed by atoms with van der Waals surface area (Å²) in [6.45, 7) is 2.87. The Bertz CT molecular complexity index is 1440. The second-order valence-corrected chi connectivity index (χ2v) is 9.36. The van der Waals surface area contributed by atoms with Crippen molar-refractivity contribution in [1.82, 2.24) is 24.5 Å². The molecule has 0 radical (unpaired) electrons. The van der Waals surface area contributed by atoms with E-state index in [4.69, 9.17) is 4.74 Å². The van der Waals surface area contributed by atoms with Crippen LogP contribution in [0, 0.1) is 5.82 Å². The molecule has 2 aliphatic rings. The van der Waals surface area contributed by atoms with Crippen molar-refractivity contribution in [2.75, 3.05) is 36.5 Å². The second-order valence-electron chi connectivity index (χ2n) is 9.36. The first-order chi connectivity index (χ1) is 18.4. The number of ether oxygens (including phenoxy) is 1. The molecule has 2 N–H and O–H groups in total. The number of imidazole rings is 2. The third-order valence-corrected chi connectivity index (χ3v) is 6.77. The molecule has 1 aromatic carbocycles. The fourth-order valence-electron chi connectivity index (χ4n) is 4.73. The van der Waals surface area contributed by atoms with Gasteiger partial charge in [0.25, 0.3) is 11.8 Å². The van der Waals surface area contributed by atoms with Crippen LogP contribution in [0.3, 0.4) is 0 Å². The number of halogens is 3. The molecule has 4 aromatic rings. The van der Waals surface area contributed by atoms with Crippen molar-refractivity contribution in [3.05, 3.63) is 66.6 Å². The molecule has 9 nitrogen and oxygen atoms in total. The molecule has 4 heterocycles. The summed E-state index contributed by atoms with van der Waals surface area (Å²) < 4.78 is 47.9. The van der Waals surface area contributed by atoms with E-state index in [9.17, 15) is 18.0 Å². The van der Waals surface area contributed by atoms with Gasteiger partial charge in [0, 0.05) is 43.7 Å². The van der Waals surface area contributed by atoms with Gasteiger partial charge in [-0.05, 0) is 36.4 Å². The first kappa shape index (κ1) is 24.2. The van der Waals surface area contributed by atoms with Crippen LogP contribution < -0.4 is 10.2 Å². The minimum Gasteiger partial charge on any atom is -0.378 e. The van der Waals surface area contributed by atoms with Gasteiger partial charge in [0.05, 0.1) is 37.1 Å². The number of morpholine rings is 1. The Morgan fingerprint density at radius 2 is 1.84 bits per heavy atom. The molecule has 0 spiro atoms. The molecule has 1 aliphatic heterocycles. The standard InChI is InChI=1S/C26H24F3N7O2/c27-17-3-1-16(2-4-17)22-23(36(15-32-22)19-11-26(28,29)12-19)24-31-14-20(33-24)25(37)34-21-6-5-18(13-30-21)35-7-9-38-10-8-35/h1-6,13-15,19H,7-12H2,(H,31,33)(H,30,34,37). The maximum absolute atomic E-state index is 13.7. The van der Waals surface area contributed by atoms with Gasteiger partial charge >= 0.3 is 0 Å². The highest BCUT2D eigenvalue weighted by Crippen LogP contribution is 2.47. The summed E-state index contributed by atoms with van der Waals surface area (Å²) in [6.07, 6.45) is 3.97. The summed E-state index contributed by atoms with van der Waals surface area (Å²) in [7, 11) is 0. The summed E-state index contributed by atoms with van der Waals surface area (Å²) in [5.41, 5.74) is 2.52. The predicted molar refractivity (Wildman–Crippen MR) is 134 cm³/mol. The minimum atomic E-state index is -2.74. The SMILES string of the molecule is O=C(Nc1ccc(N2CCOCC2)cn1)c1c[nH]c(-c2c(-c3ccc(F)cc3)ncn2C2CC(F)(F)C2)n1. The van der Waals surface area contributed by atoms with Gasteiger partial charge in [-0.25, -0.2) is 28.1 Å². The van der Waals surface area contributed by atoms with E-state index in [0.717, 1.165) is 18.8 Å². The highest BCUT2D eigenvalue weighted by atomic mass is 19.3. The van der Waals surface area contributed by atoms with E-state index in [1.807, 2.05) is 6.07 Å². The van der Waals surface area contributed by atoms with E-state index in [1.165, 1.54) is 24.7 Å². The van der Waals surface area contributed by atoms with Crippen LogP contribution in [0.25, 0.3) is 22.8 Å². The second kappa shape index (κ2) is 9.60. The molecule has 1 aliphatic carbocycles. The number of H-pyrrole nitrogens is 1. The number of anilines is 2. The predicted octanol–water partition coefficient (Wildman–Crippen LogP) is 4.53. The van der Waals surface area contributed by atoms with E-state index in [0.29, 0.717) is 36.0 Å². The van der Waals surface area contributed by atoms with Crippen LogP contribution >= 0.6 is 0 Å². The molecular formula is C26H24F3N7O2. The maximum atomic E-state index is 13.7. The lowest BCUT2D eigenvalue weighted by Gasteiger charge is -2.36. The quantitative estimate of drug-likeness (QED) is 0.385. The molecule has 1 saturated heterocycles. The Labute approximate surface area is 215 Å². The molecule has 196 valence electrons. The van der Waals surface area contributed by atoms with Crippen molar-refractivity contribution in [2.24, 2.45) is 0 Å². The first-order valence-electron chi connectivity index (χ1n) is 12.2. The molecule has 0 bridgehead atoms. The fraction of sp³-hybridized carbons (Fsp3) is 0.308. The fourth-order valence-corrected chi connectivity index (χ4v) is 4.73. The number of carbonyl (C=O) groups is 1. The number of hydrogen-bond donors (Lipinski definition) is 2. The zero-order valence-corrected chi connectivity index (χ0v) is 20.2. The van der Waals surface area contributed by atoms with Crippen LogP contribution in [0.5, 0.6) is 0 Å². The highest BCUT2D eigenvalue weighted by Gasteiger charge is 2.47. The normalized spacial score (nSPS) is 17.3. The van der Waals surface area contributed by atoms with Crippen molar-refractivity contribution in [3.8, 4) is 22.8 Å². The lowest BCUT2D eigenvalue weighted by molar-refractivity contribution is -0.103. The van der Waals surface area contributed by atoms with Gasteiger partial charge in [-0.2, -0.15) is 0 Å². The number of aromatic nitrogens is 5. The molecule has 12 heteroatoms. The lowest BCUT2D eigenvalue weighted by atomic mass is 9.87. The summed E-state index contributed by atoms with van der Waals surface area (Å²) in [6, 6.07) is 8.84. The Kier molecular flexibility index (Phi) is 6.10. The summed E-state index contributed by atoms with van der Waals surface area (Å²) in [4.78, 5) is 31.3. The van der Waals surface area contributed by atoms with Gasteiger partial charge in [-0.1, -0.05) is 0 Å². The van der Waals surface area contributed by atoms with Crippen LogP contribution in [0.15, 0.2) is 55.1 Å². The number of hydrogen-bond acceptors (Lipinski definition) is 6. The topological polar surface area (TPSA) is 101 Å². The zero-order chi connectivity index (χ0) is 26.3. The van der Waals surface area contributed by atoms with E-state index >= 15 is 0 Å². The average molecular weight is 524 g/mol. The monoisotopic (exact) mass is 523 g/mol. The van der Waals surface area contributed by atoms with E-state index in [1.54, 1.807) is 29.0 Å². The number of nitrogens with zero attached hydrogens (tertiary/aromatic N) is 5. The molecule has 38 heavy (non-hydrogen) atoms. The Morgan fingerprint density at radius 1 is 1.08 bits per heavy atom. The van der Waals surface area contributed by atoms with E-state index in [-0.39, 0.29) is 24.4 Å². The van der Waals surface area contributed by atoms with Crippen molar-refractivity contribution in [3.63, 3.8) is 0 Å². The number of nitrogens with one attached hydrogen (secondary N) is 2. The van der Waals surface area contributed by atoms with Gasteiger partial charge in [-0.15, -0.1) is 0 Å². The summed E-state index contributed by atoms with van der Waals surface area (Å²) >= 11 is 0. The van der Waals surface area contributed by atoms with Crippen LogP contribution in [0.1, 0.15) is 29.4 Å². The van der Waals surface area contributed by atoms with Crippen LogP contribution in [-0.2, 0) is 4.74 Å². The molecule has 3 aromatic heterocycles. The van der Waals surface area contributed by atoms with Gasteiger partial charge in [0.15, 0.2) is 5.82 Å². The Balaban J connectivity index is 1.24. The average Bonchev–Trinajstić information content (AvgIpc) is 3.56. The number of benzene rings is 1. The smallest absolute Gasteiger partial charge is 0.277 e. The van der Waals surface area contributed by atoms with Gasteiger partial charge < -0.3 is 24.5 Å². The number of aromatic amines is 1. The van der Waals surface area contributed by atoms with Gasteiger partial charge in [0.2, 0.25) is 0 Å². The van der Waals surface area contributed by atoms with E-state index in [2.05, 4.69) is 30.2 Å². The third-order valence-electron chi connectivity index (χ3n) is 6.77. The largest absolute Gasteiger partial charge is 0.378 e. The van der Waals surface area contributed by atoms with Crippen molar-refractivity contribution >= 4 is 17.4 Å². The van der Waals surface area contributed by atoms with Gasteiger partial charge in [-0.3, -0.25) is 4.79 Å². The number of alkyl halides is 2. The van der Waals surface area contributed by atoms with Crippen molar-refractivity contribution in [1.29, 1.82) is 0 Å².